The molecule has 0 saturated heterocycles. The molecule has 0 aliphatic heterocycles. The van der Waals surface area contributed by atoms with Gasteiger partial charge in [-0.1, -0.05) is 12.1 Å². The summed E-state index contributed by atoms with van der Waals surface area (Å²) in [6, 6.07) is 3.47. The molecule has 6 nitrogen and oxygen atoms in total. The maximum Gasteiger partial charge on any atom is 0.320 e. The molecule has 1 atom stereocenters. The Balaban J connectivity index is 3.11. The van der Waals surface area contributed by atoms with E-state index in [1.165, 1.54) is 6.07 Å². The summed E-state index contributed by atoms with van der Waals surface area (Å²) in [7, 11) is 0. The van der Waals surface area contributed by atoms with Crippen LogP contribution in [0.25, 0.3) is 0 Å². The van der Waals surface area contributed by atoms with E-state index >= 15 is 0 Å². The number of hydrogen-bond acceptors (Lipinski definition) is 4. The van der Waals surface area contributed by atoms with Gasteiger partial charge in [0.2, 0.25) is 0 Å². The molecule has 1 unspecified atom stereocenters. The number of nitro groups is 1. The molecule has 0 radical (unpaired) electrons. The van der Waals surface area contributed by atoms with E-state index in [1.807, 2.05) is 0 Å². The number of nitrogens with two attached hydrogens (primary N) is 1. The minimum absolute atomic E-state index is 0.0433. The topological polar surface area (TPSA) is 106 Å². The molecule has 1 rings (SSSR count). The maximum absolute atomic E-state index is 10.7. The average molecular weight is 224 g/mol. The van der Waals surface area contributed by atoms with Crippen molar-refractivity contribution in [3.63, 3.8) is 0 Å². The third-order valence-corrected chi connectivity index (χ3v) is 2.32. The lowest BCUT2D eigenvalue weighted by Gasteiger charge is -2.09. The Morgan fingerprint density at radius 1 is 1.62 bits per heavy atom. The summed E-state index contributed by atoms with van der Waals surface area (Å²) in [5, 5.41) is 19.4. The first-order valence-corrected chi connectivity index (χ1v) is 4.64. The number of hydrogen-bond donors (Lipinski definition) is 2. The van der Waals surface area contributed by atoms with Crippen molar-refractivity contribution in [2.45, 2.75) is 19.4 Å². The third-order valence-electron chi connectivity index (χ3n) is 2.32. The molecule has 0 heterocycles. The quantitative estimate of drug-likeness (QED) is 0.582. The van der Waals surface area contributed by atoms with Gasteiger partial charge in [0, 0.05) is 18.1 Å². The number of carboxylic acid groups (broad SMARTS) is 1. The maximum atomic E-state index is 10.7. The number of aliphatic carboxylic acids is 1. The van der Waals surface area contributed by atoms with E-state index < -0.39 is 16.9 Å². The van der Waals surface area contributed by atoms with Gasteiger partial charge in [0.15, 0.2) is 0 Å². The highest BCUT2D eigenvalue weighted by Crippen LogP contribution is 2.22. The van der Waals surface area contributed by atoms with Crippen molar-refractivity contribution in [3.8, 4) is 0 Å². The summed E-state index contributed by atoms with van der Waals surface area (Å²) in [5.74, 6) is -1.17. The van der Waals surface area contributed by atoms with Gasteiger partial charge in [-0.05, 0) is 12.5 Å². The molecule has 0 aromatic heterocycles. The number of carboxylic acids is 1. The van der Waals surface area contributed by atoms with Gasteiger partial charge in [-0.3, -0.25) is 14.9 Å². The first kappa shape index (κ1) is 12.1. The molecule has 6 heteroatoms. The molecular weight excluding hydrogens is 212 g/mol. The third kappa shape index (κ3) is 2.54. The predicted molar refractivity (Wildman–Crippen MR) is 57.1 cm³/mol. The number of aryl methyl sites for hydroxylation is 1. The summed E-state index contributed by atoms with van der Waals surface area (Å²) >= 11 is 0. The van der Waals surface area contributed by atoms with Crippen LogP contribution < -0.4 is 5.73 Å². The van der Waals surface area contributed by atoms with Crippen LogP contribution in [-0.2, 0) is 11.2 Å². The average Bonchev–Trinajstić information content (AvgIpc) is 2.20. The number of carbonyl (C=O) groups is 1. The van der Waals surface area contributed by atoms with Crippen molar-refractivity contribution in [1.82, 2.24) is 0 Å². The van der Waals surface area contributed by atoms with Crippen LogP contribution in [-0.4, -0.2) is 22.0 Å². The molecule has 0 aliphatic rings. The Morgan fingerprint density at radius 3 is 2.75 bits per heavy atom. The highest BCUT2D eigenvalue weighted by atomic mass is 16.6. The van der Waals surface area contributed by atoms with Crippen LogP contribution in [0.4, 0.5) is 5.69 Å². The van der Waals surface area contributed by atoms with Crippen molar-refractivity contribution in [1.29, 1.82) is 0 Å². The number of rotatable bonds is 4. The van der Waals surface area contributed by atoms with Crippen LogP contribution in [0.3, 0.4) is 0 Å². The van der Waals surface area contributed by atoms with E-state index in [1.54, 1.807) is 19.1 Å². The molecule has 0 bridgehead atoms. The standard InChI is InChI=1S/C10H12N2O4/c1-6-3-2-4-9(12(15)16)7(6)5-8(11)10(13)14/h2-4,8H,5,11H2,1H3,(H,13,14). The van der Waals surface area contributed by atoms with Crippen LogP contribution in [0.2, 0.25) is 0 Å². The molecule has 3 N–H and O–H groups in total. The Kier molecular flexibility index (Phi) is 3.57. The van der Waals surface area contributed by atoms with Crippen LogP contribution in [0.1, 0.15) is 11.1 Å². The Morgan fingerprint density at radius 2 is 2.25 bits per heavy atom. The van der Waals surface area contributed by atoms with Gasteiger partial charge in [0.25, 0.3) is 5.69 Å². The van der Waals surface area contributed by atoms with Crippen LogP contribution >= 0.6 is 0 Å². The highest BCUT2D eigenvalue weighted by Gasteiger charge is 2.21. The van der Waals surface area contributed by atoms with Crippen molar-refractivity contribution in [3.05, 3.63) is 39.4 Å². The molecule has 0 fully saturated rings. The van der Waals surface area contributed by atoms with E-state index in [0.717, 1.165) is 0 Å². The Labute approximate surface area is 91.8 Å². The molecule has 1 aromatic rings. The van der Waals surface area contributed by atoms with E-state index in [4.69, 9.17) is 10.8 Å². The molecule has 86 valence electrons. The fourth-order valence-corrected chi connectivity index (χ4v) is 1.43. The summed E-state index contributed by atoms with van der Waals surface area (Å²) in [6.07, 6.45) is -0.0433. The van der Waals surface area contributed by atoms with E-state index in [-0.39, 0.29) is 12.1 Å². The molecule has 1 aromatic carbocycles. The van der Waals surface area contributed by atoms with Gasteiger partial charge in [0.05, 0.1) is 4.92 Å². The molecule has 16 heavy (non-hydrogen) atoms. The fourth-order valence-electron chi connectivity index (χ4n) is 1.43. The molecule has 0 spiro atoms. The summed E-state index contributed by atoms with van der Waals surface area (Å²) in [4.78, 5) is 20.8. The van der Waals surface area contributed by atoms with Crippen LogP contribution in [0, 0.1) is 17.0 Å². The van der Waals surface area contributed by atoms with Crippen LogP contribution in [0.15, 0.2) is 18.2 Å². The van der Waals surface area contributed by atoms with Crippen molar-refractivity contribution in [2.24, 2.45) is 5.73 Å². The lowest BCUT2D eigenvalue weighted by Crippen LogP contribution is -2.32. The van der Waals surface area contributed by atoms with Gasteiger partial charge in [-0.2, -0.15) is 0 Å². The normalized spacial score (nSPS) is 12.1. The minimum atomic E-state index is -1.17. The monoisotopic (exact) mass is 224 g/mol. The second-order valence-electron chi connectivity index (χ2n) is 3.48. The molecule has 0 amide bonds. The Hall–Kier alpha value is -1.95. The zero-order chi connectivity index (χ0) is 12.3. The first-order chi connectivity index (χ1) is 7.43. The second kappa shape index (κ2) is 4.71. The van der Waals surface area contributed by atoms with Crippen molar-refractivity contribution < 1.29 is 14.8 Å². The van der Waals surface area contributed by atoms with E-state index in [2.05, 4.69) is 0 Å². The van der Waals surface area contributed by atoms with E-state index in [9.17, 15) is 14.9 Å². The zero-order valence-electron chi connectivity index (χ0n) is 8.71. The number of nitro benzene ring substituents is 1. The van der Waals surface area contributed by atoms with Crippen LogP contribution in [0.5, 0.6) is 0 Å². The van der Waals surface area contributed by atoms with Gasteiger partial charge in [-0.15, -0.1) is 0 Å². The van der Waals surface area contributed by atoms with E-state index in [0.29, 0.717) is 11.1 Å². The van der Waals surface area contributed by atoms with Crippen molar-refractivity contribution >= 4 is 11.7 Å². The zero-order valence-corrected chi connectivity index (χ0v) is 8.71. The second-order valence-corrected chi connectivity index (χ2v) is 3.48. The lowest BCUT2D eigenvalue weighted by molar-refractivity contribution is -0.385. The van der Waals surface area contributed by atoms with Gasteiger partial charge in [-0.25, -0.2) is 0 Å². The summed E-state index contributed by atoms with van der Waals surface area (Å²) in [6.45, 7) is 1.69. The number of nitrogens with zero attached hydrogens (tertiary/aromatic N) is 1. The lowest BCUT2D eigenvalue weighted by atomic mass is 9.99. The number of benzene rings is 1. The van der Waals surface area contributed by atoms with Gasteiger partial charge in [0.1, 0.15) is 6.04 Å². The molecule has 0 aliphatic carbocycles. The molecular formula is C10H12N2O4. The highest BCUT2D eigenvalue weighted by molar-refractivity contribution is 5.74. The van der Waals surface area contributed by atoms with Gasteiger partial charge >= 0.3 is 5.97 Å². The van der Waals surface area contributed by atoms with Gasteiger partial charge < -0.3 is 10.8 Å². The predicted octanol–water partition coefficient (Wildman–Crippen LogP) is 0.858. The molecule has 0 saturated carbocycles. The Bertz CT molecular complexity index is 431. The minimum Gasteiger partial charge on any atom is -0.480 e. The summed E-state index contributed by atoms with van der Waals surface area (Å²) < 4.78 is 0. The van der Waals surface area contributed by atoms with Crippen molar-refractivity contribution in [2.75, 3.05) is 0 Å². The largest absolute Gasteiger partial charge is 0.480 e. The first-order valence-electron chi connectivity index (χ1n) is 4.64. The smallest absolute Gasteiger partial charge is 0.320 e. The fraction of sp³-hybridized carbons (Fsp3) is 0.300. The summed E-state index contributed by atoms with van der Waals surface area (Å²) in [5.41, 5.74) is 6.33. The SMILES string of the molecule is Cc1cccc([N+](=O)[O-])c1CC(N)C(=O)O.